The maximum atomic E-state index is 9.87. The van der Waals surface area contributed by atoms with Crippen molar-refractivity contribution in [3.05, 3.63) is 29.3 Å². The second-order valence-corrected chi connectivity index (χ2v) is 6.50. The van der Waals surface area contributed by atoms with Crippen LogP contribution in [0.1, 0.15) is 25.0 Å². The van der Waals surface area contributed by atoms with Crippen LogP contribution in [0.5, 0.6) is 0 Å². The molecule has 1 aliphatic heterocycles. The highest BCUT2D eigenvalue weighted by Crippen LogP contribution is 2.18. The summed E-state index contributed by atoms with van der Waals surface area (Å²) in [4.78, 5) is 4.80. The topological polar surface area (TPSA) is 52.7 Å². The van der Waals surface area contributed by atoms with Crippen LogP contribution in [0.25, 0.3) is 0 Å². The number of nitrogen functional groups attached to an aromatic ring is 1. The van der Waals surface area contributed by atoms with Crippen molar-refractivity contribution < 1.29 is 5.11 Å². The second kappa shape index (κ2) is 6.12. The lowest BCUT2D eigenvalue weighted by molar-refractivity contribution is 0.0166. The van der Waals surface area contributed by atoms with Gasteiger partial charge in [-0.2, -0.15) is 0 Å². The molecule has 0 radical (unpaired) electrons. The van der Waals surface area contributed by atoms with Gasteiger partial charge in [0.1, 0.15) is 0 Å². The average Bonchev–Trinajstić information content (AvgIpc) is 2.35. The van der Waals surface area contributed by atoms with Crippen LogP contribution >= 0.6 is 0 Å². The number of benzene rings is 1. The summed E-state index contributed by atoms with van der Waals surface area (Å²) in [5.41, 5.74) is 8.76. The fourth-order valence-electron chi connectivity index (χ4n) is 2.77. The van der Waals surface area contributed by atoms with Crippen molar-refractivity contribution in [2.45, 2.75) is 32.9 Å². The first-order valence-electron chi connectivity index (χ1n) is 7.36. The predicted molar refractivity (Wildman–Crippen MR) is 83.6 cm³/mol. The van der Waals surface area contributed by atoms with Crippen molar-refractivity contribution in [3.8, 4) is 0 Å². The molecule has 2 rings (SSSR count). The summed E-state index contributed by atoms with van der Waals surface area (Å²) in [6, 6.07) is 6.15. The summed E-state index contributed by atoms with van der Waals surface area (Å²) in [5.74, 6) is 0. The van der Waals surface area contributed by atoms with E-state index < -0.39 is 5.60 Å². The first-order valence-corrected chi connectivity index (χ1v) is 7.36. The Kier molecular flexibility index (Phi) is 4.68. The molecule has 0 unspecified atom stereocenters. The van der Waals surface area contributed by atoms with Crippen molar-refractivity contribution in [1.82, 2.24) is 9.80 Å². The van der Waals surface area contributed by atoms with Crippen LogP contribution in [0, 0.1) is 6.92 Å². The number of nitrogens with zero attached hydrogens (tertiary/aromatic N) is 2. The maximum absolute atomic E-state index is 9.87. The van der Waals surface area contributed by atoms with Gasteiger partial charge < -0.3 is 10.8 Å². The molecule has 3 N–H and O–H groups in total. The molecule has 0 spiro atoms. The Morgan fingerprint density at radius 2 is 1.75 bits per heavy atom. The Morgan fingerprint density at radius 3 is 2.35 bits per heavy atom. The number of aliphatic hydroxyl groups is 1. The molecule has 0 aromatic heterocycles. The Labute approximate surface area is 122 Å². The molecule has 0 amide bonds. The first-order chi connectivity index (χ1) is 9.35. The van der Waals surface area contributed by atoms with E-state index in [1.807, 2.05) is 26.0 Å². The van der Waals surface area contributed by atoms with Crippen LogP contribution < -0.4 is 5.73 Å². The molecule has 1 heterocycles. The summed E-state index contributed by atoms with van der Waals surface area (Å²) in [5, 5.41) is 9.87. The summed E-state index contributed by atoms with van der Waals surface area (Å²) >= 11 is 0. The quantitative estimate of drug-likeness (QED) is 0.818. The largest absolute Gasteiger partial charge is 0.399 e. The first kappa shape index (κ1) is 15.3. The summed E-state index contributed by atoms with van der Waals surface area (Å²) in [6.07, 6.45) is 0. The number of piperazine rings is 1. The highest BCUT2D eigenvalue weighted by molar-refractivity contribution is 5.49. The standard InChI is InChI=1S/C16H27N3O/c1-13-14(5-4-6-15(13)17)11-18-7-9-19(10-8-18)12-16(2,3)20/h4-6,20H,7-12,17H2,1-3H3. The number of hydrogen-bond donors (Lipinski definition) is 2. The minimum atomic E-state index is -0.605. The molecule has 1 aromatic carbocycles. The van der Waals surface area contributed by atoms with Crippen LogP contribution in [0.2, 0.25) is 0 Å². The predicted octanol–water partition coefficient (Wildman–Crippen LogP) is 1.47. The minimum absolute atomic E-state index is 0.605. The van der Waals surface area contributed by atoms with E-state index >= 15 is 0 Å². The van der Waals surface area contributed by atoms with Gasteiger partial charge in [0, 0.05) is 45.0 Å². The van der Waals surface area contributed by atoms with Crippen molar-refractivity contribution in [2.24, 2.45) is 0 Å². The summed E-state index contributed by atoms with van der Waals surface area (Å²) in [6.45, 7) is 11.7. The second-order valence-electron chi connectivity index (χ2n) is 6.50. The molecule has 0 aliphatic carbocycles. The van der Waals surface area contributed by atoms with Crippen molar-refractivity contribution in [3.63, 3.8) is 0 Å². The zero-order chi connectivity index (χ0) is 14.8. The number of hydrogen-bond acceptors (Lipinski definition) is 4. The van der Waals surface area contributed by atoms with Crippen LogP contribution in [-0.2, 0) is 6.54 Å². The van der Waals surface area contributed by atoms with Crippen LogP contribution in [0.3, 0.4) is 0 Å². The molecule has 4 nitrogen and oxygen atoms in total. The molecule has 112 valence electrons. The zero-order valence-electron chi connectivity index (χ0n) is 12.9. The number of nitrogens with two attached hydrogens (primary N) is 1. The van der Waals surface area contributed by atoms with E-state index in [2.05, 4.69) is 22.8 Å². The van der Waals surface area contributed by atoms with Gasteiger partial charge in [-0.05, 0) is 38.0 Å². The van der Waals surface area contributed by atoms with E-state index in [1.54, 1.807) is 0 Å². The van der Waals surface area contributed by atoms with E-state index in [-0.39, 0.29) is 0 Å². The number of rotatable bonds is 4. The molecule has 0 bridgehead atoms. The van der Waals surface area contributed by atoms with Crippen molar-refractivity contribution >= 4 is 5.69 Å². The number of anilines is 1. The lowest BCUT2D eigenvalue weighted by Gasteiger charge is -2.37. The zero-order valence-corrected chi connectivity index (χ0v) is 12.9. The third-order valence-corrected chi connectivity index (χ3v) is 3.96. The molecule has 1 aromatic rings. The molecular weight excluding hydrogens is 250 g/mol. The van der Waals surface area contributed by atoms with E-state index in [1.165, 1.54) is 11.1 Å². The van der Waals surface area contributed by atoms with E-state index in [0.29, 0.717) is 0 Å². The van der Waals surface area contributed by atoms with Gasteiger partial charge in [0.05, 0.1) is 5.60 Å². The Hall–Kier alpha value is -1.10. The normalized spacial score (nSPS) is 18.4. The van der Waals surface area contributed by atoms with E-state index in [9.17, 15) is 5.11 Å². The SMILES string of the molecule is Cc1c(N)cccc1CN1CCN(CC(C)(C)O)CC1. The van der Waals surface area contributed by atoms with Gasteiger partial charge in [-0.15, -0.1) is 0 Å². The Bertz CT molecular complexity index is 446. The van der Waals surface area contributed by atoms with Gasteiger partial charge in [0.15, 0.2) is 0 Å². The third kappa shape index (κ3) is 4.20. The molecule has 4 heteroatoms. The fraction of sp³-hybridized carbons (Fsp3) is 0.625. The van der Waals surface area contributed by atoms with Crippen molar-refractivity contribution in [2.75, 3.05) is 38.5 Å². The highest BCUT2D eigenvalue weighted by Gasteiger charge is 2.22. The van der Waals surface area contributed by atoms with Crippen molar-refractivity contribution in [1.29, 1.82) is 0 Å². The van der Waals surface area contributed by atoms with Gasteiger partial charge in [-0.1, -0.05) is 12.1 Å². The lowest BCUT2D eigenvalue weighted by atomic mass is 10.1. The third-order valence-electron chi connectivity index (χ3n) is 3.96. The van der Waals surface area contributed by atoms with Crippen LogP contribution in [0.15, 0.2) is 18.2 Å². The summed E-state index contributed by atoms with van der Waals surface area (Å²) < 4.78 is 0. The fourth-order valence-corrected chi connectivity index (χ4v) is 2.77. The van der Waals surface area contributed by atoms with Gasteiger partial charge in [0.25, 0.3) is 0 Å². The molecule has 1 saturated heterocycles. The monoisotopic (exact) mass is 277 g/mol. The molecule has 20 heavy (non-hydrogen) atoms. The molecule has 0 atom stereocenters. The molecule has 1 fully saturated rings. The molecule has 1 aliphatic rings. The van der Waals surface area contributed by atoms with E-state index in [4.69, 9.17) is 5.73 Å². The van der Waals surface area contributed by atoms with Crippen LogP contribution in [-0.4, -0.2) is 53.2 Å². The van der Waals surface area contributed by atoms with Gasteiger partial charge in [-0.25, -0.2) is 0 Å². The molecule has 0 saturated carbocycles. The average molecular weight is 277 g/mol. The highest BCUT2D eigenvalue weighted by atomic mass is 16.3. The molecular formula is C16H27N3O. The van der Waals surface area contributed by atoms with Gasteiger partial charge in [0.2, 0.25) is 0 Å². The van der Waals surface area contributed by atoms with E-state index in [0.717, 1.165) is 45.0 Å². The van der Waals surface area contributed by atoms with Gasteiger partial charge in [-0.3, -0.25) is 9.80 Å². The Morgan fingerprint density at radius 1 is 1.15 bits per heavy atom. The smallest absolute Gasteiger partial charge is 0.0718 e. The lowest BCUT2D eigenvalue weighted by Crippen LogP contribution is -2.50. The van der Waals surface area contributed by atoms with Crippen LogP contribution in [0.4, 0.5) is 5.69 Å². The van der Waals surface area contributed by atoms with Gasteiger partial charge >= 0.3 is 0 Å². The maximum Gasteiger partial charge on any atom is 0.0718 e. The Balaban J connectivity index is 1.87. The minimum Gasteiger partial charge on any atom is -0.399 e. The summed E-state index contributed by atoms with van der Waals surface area (Å²) in [7, 11) is 0. The number of β-amino-alcohol motifs (C(OH)–C–C–N with tert-alkyl or cyclic N) is 1.